The Kier molecular flexibility index (Phi) is 5.72. The summed E-state index contributed by atoms with van der Waals surface area (Å²) in [4.78, 5) is 14.2. The molecule has 2 heterocycles. The zero-order valence-electron chi connectivity index (χ0n) is 16.8. The maximum atomic E-state index is 5.93. The summed E-state index contributed by atoms with van der Waals surface area (Å²) in [5.74, 6) is 0.656. The van der Waals surface area contributed by atoms with Gasteiger partial charge in [-0.15, -0.1) is 0 Å². The lowest BCUT2D eigenvalue weighted by Gasteiger charge is -2.36. The van der Waals surface area contributed by atoms with Crippen LogP contribution in [0.25, 0.3) is 11.0 Å². The molecule has 0 radical (unpaired) electrons. The number of rotatable bonds is 6. The van der Waals surface area contributed by atoms with Crippen LogP contribution in [-0.4, -0.2) is 54.2 Å². The molecule has 0 spiro atoms. The maximum Gasteiger partial charge on any atom is 0.235 e. The minimum absolute atomic E-state index is 0.656. The number of hydrogen-bond donors (Lipinski definition) is 0. The molecular weight excluding hydrogens is 348 g/mol. The van der Waals surface area contributed by atoms with Crippen LogP contribution in [0.4, 0.5) is 5.69 Å². The number of piperazine rings is 1. The molecule has 1 fully saturated rings. The van der Waals surface area contributed by atoms with Gasteiger partial charge in [0.2, 0.25) is 5.88 Å². The molecule has 5 nitrogen and oxygen atoms in total. The Bertz CT molecular complexity index is 935. The van der Waals surface area contributed by atoms with Gasteiger partial charge in [0.15, 0.2) is 0 Å². The van der Waals surface area contributed by atoms with Crippen molar-refractivity contribution in [3.05, 3.63) is 59.8 Å². The second kappa shape index (κ2) is 8.57. The summed E-state index contributed by atoms with van der Waals surface area (Å²) in [5, 5.41) is 0. The lowest BCUT2D eigenvalue weighted by molar-refractivity contribution is 0.221. The highest BCUT2D eigenvalue weighted by molar-refractivity contribution is 5.74. The smallest absolute Gasteiger partial charge is 0.235 e. The third kappa shape index (κ3) is 4.42. The number of aryl methyl sites for hydroxylation is 2. The van der Waals surface area contributed by atoms with Crippen molar-refractivity contribution in [2.75, 3.05) is 44.2 Å². The van der Waals surface area contributed by atoms with Crippen LogP contribution in [0, 0.1) is 13.8 Å². The molecule has 1 aliphatic heterocycles. The van der Waals surface area contributed by atoms with Gasteiger partial charge >= 0.3 is 0 Å². The van der Waals surface area contributed by atoms with Gasteiger partial charge in [0.05, 0.1) is 17.6 Å². The van der Waals surface area contributed by atoms with Gasteiger partial charge in [-0.3, -0.25) is 4.90 Å². The van der Waals surface area contributed by atoms with Crippen molar-refractivity contribution in [1.82, 2.24) is 14.9 Å². The van der Waals surface area contributed by atoms with Crippen molar-refractivity contribution in [1.29, 1.82) is 0 Å². The SMILES string of the molecule is Cc1cccc(N2CCN(CCCOc3nc4ccccc4nc3C)CC2)c1. The van der Waals surface area contributed by atoms with Gasteiger partial charge in [-0.1, -0.05) is 24.3 Å². The van der Waals surface area contributed by atoms with Gasteiger partial charge in [-0.25, -0.2) is 9.97 Å². The first-order valence-corrected chi connectivity index (χ1v) is 10.1. The highest BCUT2D eigenvalue weighted by Crippen LogP contribution is 2.19. The number of para-hydroxylation sites is 2. The Labute approximate surface area is 167 Å². The van der Waals surface area contributed by atoms with E-state index >= 15 is 0 Å². The van der Waals surface area contributed by atoms with E-state index in [1.54, 1.807) is 0 Å². The molecule has 1 aliphatic rings. The van der Waals surface area contributed by atoms with Gasteiger partial charge in [-0.05, 0) is 50.1 Å². The summed E-state index contributed by atoms with van der Waals surface area (Å²) in [6, 6.07) is 16.7. The summed E-state index contributed by atoms with van der Waals surface area (Å²) < 4.78 is 5.93. The molecule has 3 aromatic rings. The second-order valence-corrected chi connectivity index (χ2v) is 7.47. The Balaban J connectivity index is 1.23. The summed E-state index contributed by atoms with van der Waals surface area (Å²) >= 11 is 0. The van der Waals surface area contributed by atoms with E-state index in [1.165, 1.54) is 11.3 Å². The molecule has 1 aromatic heterocycles. The zero-order valence-corrected chi connectivity index (χ0v) is 16.8. The van der Waals surface area contributed by atoms with Crippen LogP contribution in [0.1, 0.15) is 17.7 Å². The quantitative estimate of drug-likeness (QED) is 0.612. The number of benzene rings is 2. The van der Waals surface area contributed by atoms with Crippen molar-refractivity contribution in [2.45, 2.75) is 20.3 Å². The Morgan fingerprint density at radius 1 is 0.893 bits per heavy atom. The predicted molar refractivity (Wildman–Crippen MR) is 114 cm³/mol. The Hall–Kier alpha value is -2.66. The van der Waals surface area contributed by atoms with E-state index in [4.69, 9.17) is 4.74 Å². The topological polar surface area (TPSA) is 41.5 Å². The number of aromatic nitrogens is 2. The Morgan fingerprint density at radius 2 is 1.64 bits per heavy atom. The summed E-state index contributed by atoms with van der Waals surface area (Å²) in [7, 11) is 0. The number of nitrogens with zero attached hydrogens (tertiary/aromatic N) is 4. The molecule has 0 N–H and O–H groups in total. The standard InChI is InChI=1S/C23H28N4O/c1-18-7-5-8-20(17-18)27-14-12-26(13-15-27)11-6-16-28-23-19(2)24-21-9-3-4-10-22(21)25-23/h3-5,7-10,17H,6,11-16H2,1-2H3. The van der Waals surface area contributed by atoms with Crippen molar-refractivity contribution in [3.8, 4) is 5.88 Å². The summed E-state index contributed by atoms with van der Waals surface area (Å²) in [6.07, 6.45) is 0.998. The second-order valence-electron chi connectivity index (χ2n) is 7.47. The fourth-order valence-corrected chi connectivity index (χ4v) is 3.72. The van der Waals surface area contributed by atoms with E-state index in [1.807, 2.05) is 31.2 Å². The Morgan fingerprint density at radius 3 is 2.39 bits per heavy atom. The van der Waals surface area contributed by atoms with Crippen LogP contribution in [0.3, 0.4) is 0 Å². The molecular formula is C23H28N4O. The van der Waals surface area contributed by atoms with E-state index in [2.05, 4.69) is 51.0 Å². The van der Waals surface area contributed by atoms with Crippen molar-refractivity contribution in [3.63, 3.8) is 0 Å². The minimum atomic E-state index is 0.656. The van der Waals surface area contributed by atoms with Gasteiger partial charge in [0, 0.05) is 38.4 Å². The average Bonchev–Trinajstić information content (AvgIpc) is 2.72. The van der Waals surface area contributed by atoms with Gasteiger partial charge in [0.1, 0.15) is 5.69 Å². The number of fused-ring (bicyclic) bond motifs is 1. The molecule has 1 saturated heterocycles. The van der Waals surface area contributed by atoms with Crippen molar-refractivity contribution < 1.29 is 4.74 Å². The van der Waals surface area contributed by atoms with E-state index in [0.29, 0.717) is 12.5 Å². The van der Waals surface area contributed by atoms with Gasteiger partial charge in [0.25, 0.3) is 0 Å². The van der Waals surface area contributed by atoms with Crippen LogP contribution < -0.4 is 9.64 Å². The fourth-order valence-electron chi connectivity index (χ4n) is 3.72. The van der Waals surface area contributed by atoms with Crippen LogP contribution in [0.5, 0.6) is 5.88 Å². The molecule has 0 amide bonds. The molecule has 0 unspecified atom stereocenters. The third-order valence-corrected chi connectivity index (χ3v) is 5.30. The highest BCUT2D eigenvalue weighted by atomic mass is 16.5. The van der Waals surface area contributed by atoms with Gasteiger partial charge < -0.3 is 9.64 Å². The summed E-state index contributed by atoms with van der Waals surface area (Å²) in [6.45, 7) is 10.2. The molecule has 0 atom stereocenters. The highest BCUT2D eigenvalue weighted by Gasteiger charge is 2.17. The monoisotopic (exact) mass is 376 g/mol. The van der Waals surface area contributed by atoms with E-state index < -0.39 is 0 Å². The van der Waals surface area contributed by atoms with Crippen LogP contribution in [-0.2, 0) is 0 Å². The van der Waals surface area contributed by atoms with Crippen LogP contribution in [0.2, 0.25) is 0 Å². The zero-order chi connectivity index (χ0) is 19.3. The van der Waals surface area contributed by atoms with E-state index in [0.717, 1.165) is 55.9 Å². The lowest BCUT2D eigenvalue weighted by Crippen LogP contribution is -2.46. The largest absolute Gasteiger partial charge is 0.476 e. The third-order valence-electron chi connectivity index (χ3n) is 5.30. The van der Waals surface area contributed by atoms with Gasteiger partial charge in [-0.2, -0.15) is 0 Å². The first-order chi connectivity index (χ1) is 13.7. The molecule has 4 rings (SSSR count). The molecule has 0 saturated carbocycles. The number of hydrogen-bond acceptors (Lipinski definition) is 5. The van der Waals surface area contributed by atoms with E-state index in [-0.39, 0.29) is 0 Å². The molecule has 0 aliphatic carbocycles. The number of ether oxygens (including phenoxy) is 1. The minimum Gasteiger partial charge on any atom is -0.476 e. The average molecular weight is 377 g/mol. The van der Waals surface area contributed by atoms with Crippen molar-refractivity contribution in [2.24, 2.45) is 0 Å². The maximum absolute atomic E-state index is 5.93. The normalized spacial score (nSPS) is 15.1. The predicted octanol–water partition coefficient (Wildman–Crippen LogP) is 3.84. The van der Waals surface area contributed by atoms with Crippen molar-refractivity contribution >= 4 is 16.7 Å². The van der Waals surface area contributed by atoms with Crippen LogP contribution in [0.15, 0.2) is 48.5 Å². The first-order valence-electron chi connectivity index (χ1n) is 10.1. The molecule has 28 heavy (non-hydrogen) atoms. The number of anilines is 1. The molecule has 0 bridgehead atoms. The van der Waals surface area contributed by atoms with E-state index in [9.17, 15) is 0 Å². The molecule has 2 aromatic carbocycles. The van der Waals surface area contributed by atoms with Crippen LogP contribution >= 0.6 is 0 Å². The first kappa shape index (κ1) is 18.7. The lowest BCUT2D eigenvalue weighted by atomic mass is 10.2. The molecule has 5 heteroatoms. The fraction of sp³-hybridized carbons (Fsp3) is 0.391. The molecule has 146 valence electrons. The summed E-state index contributed by atoms with van der Waals surface area (Å²) in [5.41, 5.74) is 5.32.